The third-order valence-electron chi connectivity index (χ3n) is 4.48. The second kappa shape index (κ2) is 6.79. The molecule has 29 heavy (non-hydrogen) atoms. The van der Waals surface area contributed by atoms with Gasteiger partial charge in [-0.15, -0.1) is 0 Å². The van der Waals surface area contributed by atoms with Gasteiger partial charge in [-0.25, -0.2) is 13.8 Å². The average Bonchev–Trinajstić information content (AvgIpc) is 3.11. The lowest BCUT2D eigenvalue weighted by Gasteiger charge is -2.07. The van der Waals surface area contributed by atoms with Crippen molar-refractivity contribution in [1.82, 2.24) is 15.0 Å². The average molecular weight is 394 g/mol. The Balaban J connectivity index is 1.87. The number of carbonyl (C=O) groups excluding carboxylic acids is 2. The van der Waals surface area contributed by atoms with Crippen molar-refractivity contribution in [2.45, 2.75) is 0 Å². The number of primary amides is 1. The number of nitrogens with one attached hydrogen (secondary N) is 2. The van der Waals surface area contributed by atoms with Gasteiger partial charge in [0.25, 0.3) is 5.91 Å². The Hall–Kier alpha value is -4.14. The molecule has 0 bridgehead atoms. The maximum atomic E-state index is 14.6. The molecule has 0 radical (unpaired) electrons. The fourth-order valence-electron chi connectivity index (χ4n) is 3.02. The first-order valence-electron chi connectivity index (χ1n) is 8.35. The van der Waals surface area contributed by atoms with Crippen LogP contribution in [0.3, 0.4) is 0 Å². The number of carbonyl (C=O) groups is 2. The first-order chi connectivity index (χ1) is 13.9. The predicted octanol–water partition coefficient (Wildman–Crippen LogP) is 2.53. The molecule has 0 unspecified atom stereocenters. The first-order valence-corrected chi connectivity index (χ1v) is 8.35. The standard InChI is InChI=1S/C20H12F2N4O3/c21-14-3-2-11(19(23)29)17(22)16(14)18(28)13-8-26-20-12(13)5-10(7-25-20)9-1-4-15(27)24-6-9/h1-8H,(H2,23,29)(H,24,27)(H,25,26). The summed E-state index contributed by atoms with van der Waals surface area (Å²) in [4.78, 5) is 45.0. The van der Waals surface area contributed by atoms with Gasteiger partial charge < -0.3 is 15.7 Å². The number of hydrogen-bond acceptors (Lipinski definition) is 4. The molecule has 3 aromatic heterocycles. The molecule has 0 spiro atoms. The van der Waals surface area contributed by atoms with Crippen LogP contribution in [0.15, 0.2) is 53.7 Å². The number of aromatic amines is 2. The molecule has 4 N–H and O–H groups in total. The van der Waals surface area contributed by atoms with E-state index in [1.807, 2.05) is 0 Å². The van der Waals surface area contributed by atoms with Crippen molar-refractivity contribution in [3.05, 3.63) is 87.6 Å². The minimum Gasteiger partial charge on any atom is -0.366 e. The molecule has 0 saturated carbocycles. The van der Waals surface area contributed by atoms with Crippen LogP contribution in [0.1, 0.15) is 26.3 Å². The van der Waals surface area contributed by atoms with E-state index in [1.165, 1.54) is 24.7 Å². The van der Waals surface area contributed by atoms with Crippen molar-refractivity contribution in [2.75, 3.05) is 0 Å². The number of halogens is 2. The fourth-order valence-corrected chi connectivity index (χ4v) is 3.02. The molecule has 4 rings (SSSR count). The maximum absolute atomic E-state index is 14.6. The van der Waals surface area contributed by atoms with Gasteiger partial charge in [-0.05, 0) is 29.8 Å². The van der Waals surface area contributed by atoms with Crippen LogP contribution in [0.4, 0.5) is 8.78 Å². The smallest absolute Gasteiger partial charge is 0.251 e. The Morgan fingerprint density at radius 3 is 2.45 bits per heavy atom. The van der Waals surface area contributed by atoms with Gasteiger partial charge in [0, 0.05) is 41.2 Å². The van der Waals surface area contributed by atoms with Crippen LogP contribution in [0.25, 0.3) is 22.2 Å². The third-order valence-corrected chi connectivity index (χ3v) is 4.48. The minimum atomic E-state index is -1.32. The quantitative estimate of drug-likeness (QED) is 0.461. The van der Waals surface area contributed by atoms with E-state index < -0.39 is 34.5 Å². The van der Waals surface area contributed by atoms with Gasteiger partial charge in [0.15, 0.2) is 0 Å². The van der Waals surface area contributed by atoms with E-state index in [2.05, 4.69) is 15.0 Å². The highest BCUT2D eigenvalue weighted by Gasteiger charge is 2.25. The van der Waals surface area contributed by atoms with Gasteiger partial charge >= 0.3 is 0 Å². The molecule has 7 nitrogen and oxygen atoms in total. The summed E-state index contributed by atoms with van der Waals surface area (Å²) in [6.07, 6.45) is 4.29. The summed E-state index contributed by atoms with van der Waals surface area (Å²) in [6, 6.07) is 6.21. The molecule has 1 aromatic carbocycles. The van der Waals surface area contributed by atoms with Gasteiger partial charge in [-0.2, -0.15) is 0 Å². The van der Waals surface area contributed by atoms with Gasteiger partial charge in [0.1, 0.15) is 17.3 Å². The number of nitrogens with two attached hydrogens (primary N) is 1. The zero-order chi connectivity index (χ0) is 20.7. The zero-order valence-corrected chi connectivity index (χ0v) is 14.6. The number of nitrogens with zero attached hydrogens (tertiary/aromatic N) is 1. The van der Waals surface area contributed by atoms with E-state index in [-0.39, 0.29) is 11.1 Å². The number of ketones is 1. The van der Waals surface area contributed by atoms with E-state index in [4.69, 9.17) is 5.73 Å². The second-order valence-electron chi connectivity index (χ2n) is 6.24. The number of amides is 1. The molecule has 0 atom stereocenters. The summed E-state index contributed by atoms with van der Waals surface area (Å²) in [5.41, 5.74) is 4.85. The Kier molecular flexibility index (Phi) is 4.27. The van der Waals surface area contributed by atoms with Crippen molar-refractivity contribution in [3.63, 3.8) is 0 Å². The Morgan fingerprint density at radius 1 is 0.966 bits per heavy atom. The number of H-pyrrole nitrogens is 2. The Morgan fingerprint density at radius 2 is 1.76 bits per heavy atom. The highest BCUT2D eigenvalue weighted by atomic mass is 19.1. The lowest BCUT2D eigenvalue weighted by Crippen LogP contribution is -2.17. The predicted molar refractivity (Wildman–Crippen MR) is 100 cm³/mol. The molecule has 1 amide bonds. The van der Waals surface area contributed by atoms with Crippen LogP contribution in [0.5, 0.6) is 0 Å². The van der Waals surface area contributed by atoms with Gasteiger partial charge in [0.2, 0.25) is 11.3 Å². The van der Waals surface area contributed by atoms with E-state index in [0.717, 1.165) is 12.1 Å². The van der Waals surface area contributed by atoms with E-state index in [9.17, 15) is 23.2 Å². The lowest BCUT2D eigenvalue weighted by atomic mass is 9.98. The second-order valence-corrected chi connectivity index (χ2v) is 6.24. The van der Waals surface area contributed by atoms with Crippen molar-refractivity contribution < 1.29 is 18.4 Å². The third kappa shape index (κ3) is 3.08. The Bertz CT molecular complexity index is 1340. The maximum Gasteiger partial charge on any atom is 0.251 e. The summed E-state index contributed by atoms with van der Waals surface area (Å²) in [5, 5.41) is 0.321. The summed E-state index contributed by atoms with van der Waals surface area (Å²) >= 11 is 0. The topological polar surface area (TPSA) is 122 Å². The lowest BCUT2D eigenvalue weighted by molar-refractivity contribution is 0.0996. The van der Waals surface area contributed by atoms with Crippen LogP contribution in [-0.4, -0.2) is 26.6 Å². The van der Waals surface area contributed by atoms with Crippen LogP contribution < -0.4 is 11.3 Å². The van der Waals surface area contributed by atoms with Crippen LogP contribution >= 0.6 is 0 Å². The van der Waals surface area contributed by atoms with Crippen molar-refractivity contribution in [2.24, 2.45) is 5.73 Å². The Labute approximate surface area is 161 Å². The molecule has 144 valence electrons. The van der Waals surface area contributed by atoms with E-state index in [0.29, 0.717) is 22.2 Å². The highest BCUT2D eigenvalue weighted by molar-refractivity contribution is 6.17. The molecule has 4 aromatic rings. The normalized spacial score (nSPS) is 11.0. The molecule has 0 aliphatic rings. The van der Waals surface area contributed by atoms with Gasteiger partial charge in [0.05, 0.1) is 11.1 Å². The number of pyridine rings is 2. The van der Waals surface area contributed by atoms with Gasteiger partial charge in [-0.3, -0.25) is 14.4 Å². The van der Waals surface area contributed by atoms with Crippen LogP contribution in [0.2, 0.25) is 0 Å². The summed E-state index contributed by atoms with van der Waals surface area (Å²) < 4.78 is 28.8. The molecular weight excluding hydrogens is 382 g/mol. The molecule has 0 saturated heterocycles. The van der Waals surface area contributed by atoms with Crippen molar-refractivity contribution >= 4 is 22.7 Å². The van der Waals surface area contributed by atoms with Crippen molar-refractivity contribution in [1.29, 1.82) is 0 Å². The van der Waals surface area contributed by atoms with E-state index in [1.54, 1.807) is 12.1 Å². The molecule has 0 aliphatic carbocycles. The molecule has 0 fully saturated rings. The molecule has 0 aliphatic heterocycles. The summed E-state index contributed by atoms with van der Waals surface area (Å²) in [5.74, 6) is -4.51. The molecular formula is C20H12F2N4O3. The number of benzene rings is 1. The number of hydrogen-bond donors (Lipinski definition) is 3. The highest BCUT2D eigenvalue weighted by Crippen LogP contribution is 2.27. The van der Waals surface area contributed by atoms with E-state index >= 15 is 0 Å². The number of fused-ring (bicyclic) bond motifs is 1. The molecule has 3 heterocycles. The van der Waals surface area contributed by atoms with Gasteiger partial charge in [-0.1, -0.05) is 0 Å². The zero-order valence-electron chi connectivity index (χ0n) is 14.6. The van der Waals surface area contributed by atoms with Crippen molar-refractivity contribution in [3.8, 4) is 11.1 Å². The minimum absolute atomic E-state index is 0.0294. The molecule has 9 heteroatoms. The van der Waals surface area contributed by atoms with Crippen LogP contribution in [0, 0.1) is 11.6 Å². The summed E-state index contributed by atoms with van der Waals surface area (Å²) in [7, 11) is 0. The first kappa shape index (κ1) is 18.2. The summed E-state index contributed by atoms with van der Waals surface area (Å²) in [6.45, 7) is 0. The van der Waals surface area contributed by atoms with Crippen LogP contribution in [-0.2, 0) is 0 Å². The monoisotopic (exact) mass is 394 g/mol. The fraction of sp³-hybridized carbons (Fsp3) is 0. The largest absolute Gasteiger partial charge is 0.366 e. The SMILES string of the molecule is NC(=O)c1ccc(F)c(C(=O)c2c[nH]c3ncc(-c4ccc(=O)[nH]c4)cc23)c1F. The number of aromatic nitrogens is 3. The number of rotatable bonds is 4.